The second-order valence-electron chi connectivity index (χ2n) is 6.25. The van der Waals surface area contributed by atoms with Crippen LogP contribution in [0.1, 0.15) is 28.9 Å². The van der Waals surface area contributed by atoms with Gasteiger partial charge in [-0.15, -0.1) is 0 Å². The van der Waals surface area contributed by atoms with Crippen LogP contribution in [0.5, 0.6) is 0 Å². The molecule has 1 aliphatic rings. The van der Waals surface area contributed by atoms with Crippen LogP contribution in [0, 0.1) is 0 Å². The van der Waals surface area contributed by atoms with E-state index in [1.165, 1.54) is 0 Å². The second-order valence-corrected chi connectivity index (χ2v) is 6.25. The zero-order valence-electron chi connectivity index (χ0n) is 15.0. The Morgan fingerprint density at radius 2 is 2.00 bits per heavy atom. The van der Waals surface area contributed by atoms with Crippen molar-refractivity contribution < 1.29 is 14.3 Å². The van der Waals surface area contributed by atoms with Crippen LogP contribution in [-0.4, -0.2) is 47.7 Å². The van der Waals surface area contributed by atoms with Crippen LogP contribution in [0.15, 0.2) is 42.9 Å². The highest BCUT2D eigenvalue weighted by molar-refractivity contribution is 5.95. The number of carbonyl (C=O) groups is 2. The summed E-state index contributed by atoms with van der Waals surface area (Å²) < 4.78 is 5.49. The van der Waals surface area contributed by atoms with E-state index in [4.69, 9.17) is 4.74 Å². The van der Waals surface area contributed by atoms with E-state index < -0.39 is 0 Å². The summed E-state index contributed by atoms with van der Waals surface area (Å²) in [4.78, 5) is 32.2. The Hall–Kier alpha value is -3.00. The normalized spacial score (nSPS) is 15.9. The highest BCUT2D eigenvalue weighted by Gasteiger charge is 2.16. The van der Waals surface area contributed by atoms with Crippen molar-refractivity contribution in [3.8, 4) is 0 Å². The van der Waals surface area contributed by atoms with E-state index in [9.17, 15) is 9.59 Å². The molecule has 0 spiro atoms. The lowest BCUT2D eigenvalue weighted by atomic mass is 10.2. The van der Waals surface area contributed by atoms with Crippen LogP contribution in [0.2, 0.25) is 0 Å². The molecule has 142 valence electrons. The first kappa shape index (κ1) is 18.8. The number of nitrogens with zero attached hydrogens (tertiary/aromatic N) is 2. The molecule has 8 nitrogen and oxygen atoms in total. The summed E-state index contributed by atoms with van der Waals surface area (Å²) >= 11 is 0. The Kier molecular flexibility index (Phi) is 6.70. The van der Waals surface area contributed by atoms with Crippen molar-refractivity contribution in [3.63, 3.8) is 0 Å². The lowest BCUT2D eigenvalue weighted by Gasteiger charge is -2.11. The Morgan fingerprint density at radius 1 is 1.15 bits per heavy atom. The molecule has 27 heavy (non-hydrogen) atoms. The van der Waals surface area contributed by atoms with Gasteiger partial charge in [0, 0.05) is 56.0 Å². The van der Waals surface area contributed by atoms with Crippen molar-refractivity contribution in [3.05, 3.63) is 54.1 Å². The second kappa shape index (κ2) is 9.63. The van der Waals surface area contributed by atoms with Gasteiger partial charge in [0.25, 0.3) is 5.91 Å². The first-order chi connectivity index (χ1) is 13.2. The Morgan fingerprint density at radius 3 is 2.70 bits per heavy atom. The zero-order valence-corrected chi connectivity index (χ0v) is 15.0. The Labute approximate surface area is 157 Å². The topological polar surface area (TPSA) is 105 Å². The minimum atomic E-state index is -0.311. The fourth-order valence-electron chi connectivity index (χ4n) is 2.76. The number of rotatable bonds is 7. The van der Waals surface area contributed by atoms with E-state index in [0.717, 1.165) is 25.1 Å². The third-order valence-corrected chi connectivity index (χ3v) is 4.20. The first-order valence-corrected chi connectivity index (χ1v) is 9.00. The fourth-order valence-corrected chi connectivity index (χ4v) is 2.76. The average molecular weight is 369 g/mol. The molecule has 1 aliphatic heterocycles. The van der Waals surface area contributed by atoms with E-state index >= 15 is 0 Å². The van der Waals surface area contributed by atoms with E-state index in [-0.39, 0.29) is 18.0 Å². The molecule has 3 amide bonds. The molecule has 1 saturated heterocycles. The minimum absolute atomic E-state index is 0.112. The SMILES string of the molecule is O=C(NCCc1cnccn1)Nc1ccc(C(=O)NC[C@@H]2CCCO2)cc1. The van der Waals surface area contributed by atoms with Gasteiger partial charge < -0.3 is 20.7 Å². The molecule has 0 radical (unpaired) electrons. The summed E-state index contributed by atoms with van der Waals surface area (Å²) in [5, 5.41) is 8.36. The highest BCUT2D eigenvalue weighted by atomic mass is 16.5. The number of hydrogen-bond acceptors (Lipinski definition) is 5. The molecule has 3 N–H and O–H groups in total. The first-order valence-electron chi connectivity index (χ1n) is 9.00. The molecule has 8 heteroatoms. The van der Waals surface area contributed by atoms with E-state index in [2.05, 4.69) is 25.9 Å². The van der Waals surface area contributed by atoms with Gasteiger partial charge in [0.05, 0.1) is 11.8 Å². The maximum atomic E-state index is 12.1. The van der Waals surface area contributed by atoms with Gasteiger partial charge in [-0.05, 0) is 37.1 Å². The van der Waals surface area contributed by atoms with E-state index in [0.29, 0.717) is 30.8 Å². The van der Waals surface area contributed by atoms with E-state index in [1.54, 1.807) is 42.9 Å². The molecule has 1 atom stereocenters. The zero-order chi connectivity index (χ0) is 18.9. The van der Waals surface area contributed by atoms with Crippen molar-refractivity contribution in [2.24, 2.45) is 0 Å². The molecule has 2 heterocycles. The van der Waals surface area contributed by atoms with Crippen molar-refractivity contribution in [2.75, 3.05) is 25.0 Å². The number of amides is 3. The van der Waals surface area contributed by atoms with Gasteiger partial charge in [-0.25, -0.2) is 4.79 Å². The maximum absolute atomic E-state index is 12.1. The lowest BCUT2D eigenvalue weighted by molar-refractivity contribution is 0.0858. The Balaban J connectivity index is 1.39. The van der Waals surface area contributed by atoms with Crippen LogP contribution in [0.4, 0.5) is 10.5 Å². The van der Waals surface area contributed by atoms with Crippen LogP contribution in [-0.2, 0) is 11.2 Å². The molecule has 0 aliphatic carbocycles. The molecular formula is C19H23N5O3. The highest BCUT2D eigenvalue weighted by Crippen LogP contribution is 2.12. The van der Waals surface area contributed by atoms with Gasteiger partial charge in [-0.3, -0.25) is 14.8 Å². The fraction of sp³-hybridized carbons (Fsp3) is 0.368. The number of aromatic nitrogens is 2. The van der Waals surface area contributed by atoms with Gasteiger partial charge in [0.1, 0.15) is 0 Å². The molecule has 1 aromatic heterocycles. The summed E-state index contributed by atoms with van der Waals surface area (Å²) in [6.45, 7) is 1.74. The van der Waals surface area contributed by atoms with Crippen molar-refractivity contribution in [2.45, 2.75) is 25.4 Å². The van der Waals surface area contributed by atoms with Gasteiger partial charge in [0.15, 0.2) is 0 Å². The predicted molar refractivity (Wildman–Crippen MR) is 101 cm³/mol. The molecule has 0 unspecified atom stereocenters. The minimum Gasteiger partial charge on any atom is -0.376 e. The molecular weight excluding hydrogens is 346 g/mol. The number of nitrogens with one attached hydrogen (secondary N) is 3. The number of urea groups is 1. The van der Waals surface area contributed by atoms with Gasteiger partial charge in [-0.1, -0.05) is 0 Å². The van der Waals surface area contributed by atoms with E-state index in [1.807, 2.05) is 0 Å². The van der Waals surface area contributed by atoms with Crippen LogP contribution < -0.4 is 16.0 Å². The molecule has 2 aromatic rings. The standard InChI is InChI=1S/C19H23N5O3/c25-18(23-13-17-2-1-11-27-17)14-3-5-15(6-4-14)24-19(26)22-8-7-16-12-20-9-10-21-16/h3-6,9-10,12,17H,1-2,7-8,11,13H2,(H,23,25)(H2,22,24,26)/t17-/m0/s1. The third-order valence-electron chi connectivity index (χ3n) is 4.20. The lowest BCUT2D eigenvalue weighted by Crippen LogP contribution is -2.32. The monoisotopic (exact) mass is 369 g/mol. The summed E-state index contributed by atoms with van der Waals surface area (Å²) in [5.74, 6) is -0.148. The molecule has 0 bridgehead atoms. The average Bonchev–Trinajstić information content (AvgIpc) is 3.21. The summed E-state index contributed by atoms with van der Waals surface area (Å²) in [5.41, 5.74) is 1.97. The molecule has 1 fully saturated rings. The molecule has 1 aromatic carbocycles. The number of anilines is 1. The third kappa shape index (κ3) is 6.03. The quantitative estimate of drug-likeness (QED) is 0.690. The van der Waals surface area contributed by atoms with Crippen LogP contribution in [0.3, 0.4) is 0 Å². The number of benzene rings is 1. The van der Waals surface area contributed by atoms with Gasteiger partial charge in [-0.2, -0.15) is 0 Å². The predicted octanol–water partition coefficient (Wildman–Crippen LogP) is 1.75. The largest absolute Gasteiger partial charge is 0.376 e. The van der Waals surface area contributed by atoms with Crippen LogP contribution in [0.25, 0.3) is 0 Å². The van der Waals surface area contributed by atoms with Crippen molar-refractivity contribution >= 4 is 17.6 Å². The number of carbonyl (C=O) groups excluding carboxylic acids is 2. The smallest absolute Gasteiger partial charge is 0.319 e. The van der Waals surface area contributed by atoms with Gasteiger partial charge in [0.2, 0.25) is 0 Å². The Bertz CT molecular complexity index is 746. The molecule has 0 saturated carbocycles. The van der Waals surface area contributed by atoms with Crippen LogP contribution >= 0.6 is 0 Å². The van der Waals surface area contributed by atoms with Gasteiger partial charge >= 0.3 is 6.03 Å². The summed E-state index contributed by atoms with van der Waals surface area (Å²) in [6.07, 6.45) is 7.63. The number of hydrogen-bond donors (Lipinski definition) is 3. The summed E-state index contributed by atoms with van der Waals surface area (Å²) in [6, 6.07) is 6.45. The number of ether oxygens (including phenoxy) is 1. The van der Waals surface area contributed by atoms with Crippen molar-refractivity contribution in [1.29, 1.82) is 0 Å². The summed E-state index contributed by atoms with van der Waals surface area (Å²) in [7, 11) is 0. The van der Waals surface area contributed by atoms with Crippen molar-refractivity contribution in [1.82, 2.24) is 20.6 Å². The molecule has 3 rings (SSSR count). The maximum Gasteiger partial charge on any atom is 0.319 e.